The lowest BCUT2D eigenvalue weighted by molar-refractivity contribution is 0.550. The zero-order chi connectivity index (χ0) is 15.6. The molecule has 1 atom stereocenters. The molecule has 1 aromatic heterocycles. The van der Waals surface area contributed by atoms with Crippen LogP contribution in [0.4, 0.5) is 4.39 Å². The molecular formula is C15H15BrCl2FNS. The first kappa shape index (κ1) is 17.2. The van der Waals surface area contributed by atoms with E-state index in [1.807, 2.05) is 12.3 Å². The molecule has 2 rings (SSSR count). The van der Waals surface area contributed by atoms with Gasteiger partial charge in [0.25, 0.3) is 0 Å². The fraction of sp³-hybridized carbons (Fsp3) is 0.333. The van der Waals surface area contributed by atoms with Crippen molar-refractivity contribution in [2.45, 2.75) is 26.3 Å². The molecule has 0 aliphatic rings. The summed E-state index contributed by atoms with van der Waals surface area (Å²) in [4.78, 5) is 0.917. The Hall–Kier alpha value is -0.130. The molecule has 0 spiro atoms. The van der Waals surface area contributed by atoms with E-state index in [1.165, 1.54) is 17.4 Å². The second-order valence-electron chi connectivity index (χ2n) is 4.77. The lowest BCUT2D eigenvalue weighted by Gasteiger charge is -2.20. The van der Waals surface area contributed by atoms with E-state index in [-0.39, 0.29) is 11.9 Å². The molecule has 0 aliphatic carbocycles. The standard InChI is InChI=1S/C15H15BrCl2FNS/c1-3-4-20-14(15-13(18)8(2)7-21-15)9-5-11(17)10(16)6-12(9)19/h5-7,14,20H,3-4H2,1-2H3. The third-order valence-corrected chi connectivity index (χ3v) is 6.11. The van der Waals surface area contributed by atoms with Crippen LogP contribution in [-0.2, 0) is 0 Å². The minimum atomic E-state index is -0.304. The SMILES string of the molecule is CCCNC(c1cc(Cl)c(Br)cc1F)c1scc(C)c1Cl. The number of benzene rings is 1. The van der Waals surface area contributed by atoms with Gasteiger partial charge in [0.05, 0.1) is 16.1 Å². The number of hydrogen-bond donors (Lipinski definition) is 1. The van der Waals surface area contributed by atoms with Crippen LogP contribution in [0.25, 0.3) is 0 Å². The Balaban J connectivity index is 2.50. The van der Waals surface area contributed by atoms with Gasteiger partial charge in [0.1, 0.15) is 5.82 Å². The summed E-state index contributed by atoms with van der Waals surface area (Å²) in [5.41, 5.74) is 1.52. The molecule has 6 heteroatoms. The molecule has 0 bridgehead atoms. The maximum atomic E-state index is 14.4. The summed E-state index contributed by atoms with van der Waals surface area (Å²) in [5.74, 6) is -0.304. The predicted molar refractivity (Wildman–Crippen MR) is 93.3 cm³/mol. The maximum Gasteiger partial charge on any atom is 0.129 e. The van der Waals surface area contributed by atoms with Gasteiger partial charge in [-0.05, 0) is 58.9 Å². The first-order valence-corrected chi connectivity index (χ1v) is 8.99. The molecule has 0 aliphatic heterocycles. The predicted octanol–water partition coefficient (Wildman–Crippen LogP) is 6.35. The van der Waals surface area contributed by atoms with E-state index in [4.69, 9.17) is 23.2 Å². The largest absolute Gasteiger partial charge is 0.305 e. The van der Waals surface area contributed by atoms with Crippen LogP contribution in [0.1, 0.15) is 35.4 Å². The quantitative estimate of drug-likeness (QED) is 0.566. The van der Waals surface area contributed by atoms with E-state index in [0.29, 0.717) is 20.1 Å². The lowest BCUT2D eigenvalue weighted by atomic mass is 10.0. The zero-order valence-electron chi connectivity index (χ0n) is 11.6. The number of thiophene rings is 1. The minimum Gasteiger partial charge on any atom is -0.305 e. The molecule has 0 saturated heterocycles. The molecule has 0 amide bonds. The summed E-state index contributed by atoms with van der Waals surface area (Å²) in [7, 11) is 0. The second kappa shape index (κ2) is 7.42. The highest BCUT2D eigenvalue weighted by Gasteiger charge is 2.23. The molecule has 1 aromatic carbocycles. The van der Waals surface area contributed by atoms with Crippen molar-refractivity contribution in [2.24, 2.45) is 0 Å². The van der Waals surface area contributed by atoms with Crippen molar-refractivity contribution in [1.29, 1.82) is 0 Å². The number of aryl methyl sites for hydroxylation is 1. The summed E-state index contributed by atoms with van der Waals surface area (Å²) in [6.07, 6.45) is 0.949. The van der Waals surface area contributed by atoms with Crippen LogP contribution in [0.15, 0.2) is 22.0 Å². The Morgan fingerprint density at radius 2 is 2.10 bits per heavy atom. The van der Waals surface area contributed by atoms with Crippen LogP contribution in [0.5, 0.6) is 0 Å². The van der Waals surface area contributed by atoms with Crippen LogP contribution < -0.4 is 5.32 Å². The van der Waals surface area contributed by atoms with Gasteiger partial charge < -0.3 is 5.32 Å². The van der Waals surface area contributed by atoms with Crippen LogP contribution in [-0.4, -0.2) is 6.54 Å². The van der Waals surface area contributed by atoms with Gasteiger partial charge in [0.2, 0.25) is 0 Å². The van der Waals surface area contributed by atoms with Gasteiger partial charge in [0, 0.05) is 14.9 Å². The molecule has 1 N–H and O–H groups in total. The summed E-state index contributed by atoms with van der Waals surface area (Å²) in [6, 6.07) is 2.76. The molecule has 1 heterocycles. The van der Waals surface area contributed by atoms with Crippen molar-refractivity contribution in [3.63, 3.8) is 0 Å². The third-order valence-electron chi connectivity index (χ3n) is 3.14. The highest BCUT2D eigenvalue weighted by Crippen LogP contribution is 2.38. The molecular weight excluding hydrogens is 396 g/mol. The van der Waals surface area contributed by atoms with E-state index in [0.717, 1.165) is 23.4 Å². The van der Waals surface area contributed by atoms with E-state index < -0.39 is 0 Å². The van der Waals surface area contributed by atoms with Crippen molar-refractivity contribution >= 4 is 50.5 Å². The third kappa shape index (κ3) is 3.80. The first-order chi connectivity index (χ1) is 9.95. The molecule has 114 valence electrons. The Bertz CT molecular complexity index is 645. The zero-order valence-corrected chi connectivity index (χ0v) is 15.6. The van der Waals surface area contributed by atoms with Crippen molar-refractivity contribution in [2.75, 3.05) is 6.54 Å². The van der Waals surface area contributed by atoms with Crippen molar-refractivity contribution in [1.82, 2.24) is 5.32 Å². The summed E-state index contributed by atoms with van der Waals surface area (Å²) >= 11 is 17.3. The monoisotopic (exact) mass is 409 g/mol. The Morgan fingerprint density at radius 1 is 1.38 bits per heavy atom. The van der Waals surface area contributed by atoms with Crippen LogP contribution in [0.2, 0.25) is 10.0 Å². The van der Waals surface area contributed by atoms with E-state index >= 15 is 0 Å². The number of halogens is 4. The number of nitrogens with one attached hydrogen (secondary N) is 1. The summed E-state index contributed by atoms with van der Waals surface area (Å²) in [6.45, 7) is 4.78. The molecule has 1 nitrogen and oxygen atoms in total. The van der Waals surface area contributed by atoms with Gasteiger partial charge >= 0.3 is 0 Å². The van der Waals surface area contributed by atoms with Crippen molar-refractivity contribution in [3.8, 4) is 0 Å². The van der Waals surface area contributed by atoms with Crippen molar-refractivity contribution in [3.05, 3.63) is 53.9 Å². The van der Waals surface area contributed by atoms with Gasteiger partial charge in [-0.15, -0.1) is 11.3 Å². The Labute approximate surface area is 146 Å². The number of hydrogen-bond acceptors (Lipinski definition) is 2. The highest BCUT2D eigenvalue weighted by molar-refractivity contribution is 9.10. The fourth-order valence-corrected chi connectivity index (χ4v) is 3.92. The van der Waals surface area contributed by atoms with E-state index in [2.05, 4.69) is 28.2 Å². The van der Waals surface area contributed by atoms with Gasteiger partial charge in [-0.25, -0.2) is 4.39 Å². The molecule has 0 fully saturated rings. The fourth-order valence-electron chi connectivity index (χ4n) is 2.04. The topological polar surface area (TPSA) is 12.0 Å². The molecule has 0 radical (unpaired) electrons. The summed E-state index contributed by atoms with van der Waals surface area (Å²) < 4.78 is 14.9. The first-order valence-electron chi connectivity index (χ1n) is 6.57. The highest BCUT2D eigenvalue weighted by atomic mass is 79.9. The molecule has 0 saturated carbocycles. The van der Waals surface area contributed by atoms with Gasteiger partial charge in [-0.2, -0.15) is 0 Å². The van der Waals surface area contributed by atoms with Gasteiger partial charge in [-0.3, -0.25) is 0 Å². The minimum absolute atomic E-state index is 0.290. The Morgan fingerprint density at radius 3 is 2.67 bits per heavy atom. The van der Waals surface area contributed by atoms with Crippen LogP contribution >= 0.6 is 50.5 Å². The molecule has 1 unspecified atom stereocenters. The van der Waals surface area contributed by atoms with Gasteiger partial charge in [-0.1, -0.05) is 30.1 Å². The second-order valence-corrected chi connectivity index (χ2v) is 7.32. The number of rotatable bonds is 5. The average Bonchev–Trinajstić information content (AvgIpc) is 2.77. The van der Waals surface area contributed by atoms with E-state index in [1.54, 1.807) is 6.07 Å². The van der Waals surface area contributed by atoms with Crippen molar-refractivity contribution < 1.29 is 4.39 Å². The van der Waals surface area contributed by atoms with E-state index in [9.17, 15) is 4.39 Å². The van der Waals surface area contributed by atoms with Crippen LogP contribution in [0, 0.1) is 12.7 Å². The average molecular weight is 411 g/mol. The normalized spacial score (nSPS) is 12.7. The van der Waals surface area contributed by atoms with Crippen LogP contribution in [0.3, 0.4) is 0 Å². The Kier molecular flexibility index (Phi) is 6.09. The molecule has 2 aromatic rings. The molecule has 21 heavy (non-hydrogen) atoms. The lowest BCUT2D eigenvalue weighted by Crippen LogP contribution is -2.23. The summed E-state index contributed by atoms with van der Waals surface area (Å²) in [5, 5.41) is 6.51. The maximum absolute atomic E-state index is 14.4. The smallest absolute Gasteiger partial charge is 0.129 e. The van der Waals surface area contributed by atoms with Gasteiger partial charge in [0.15, 0.2) is 0 Å².